The number of carbonyl (C=O) groups is 1. The molecule has 7 heteroatoms. The van der Waals surface area contributed by atoms with Gasteiger partial charge in [-0.05, 0) is 23.6 Å². The lowest BCUT2D eigenvalue weighted by atomic mass is 10.1. The molecule has 0 bridgehead atoms. The van der Waals surface area contributed by atoms with Gasteiger partial charge in [-0.3, -0.25) is 4.79 Å². The highest BCUT2D eigenvalue weighted by molar-refractivity contribution is 5.92. The first-order valence-corrected chi connectivity index (χ1v) is 11.0. The zero-order valence-electron chi connectivity index (χ0n) is 18.2. The molecule has 7 nitrogen and oxygen atoms in total. The van der Waals surface area contributed by atoms with Crippen molar-refractivity contribution in [3.05, 3.63) is 85.2 Å². The van der Waals surface area contributed by atoms with E-state index in [4.69, 9.17) is 4.74 Å². The van der Waals surface area contributed by atoms with E-state index in [-0.39, 0.29) is 12.5 Å². The molecule has 1 aliphatic heterocycles. The number of ether oxygens (including phenoxy) is 1. The molecule has 4 aromatic rings. The van der Waals surface area contributed by atoms with Crippen LogP contribution in [-0.2, 0) is 4.79 Å². The summed E-state index contributed by atoms with van der Waals surface area (Å²) in [5, 5.41) is 4.87. The Labute approximate surface area is 192 Å². The van der Waals surface area contributed by atoms with Crippen LogP contribution in [0, 0.1) is 0 Å². The molecule has 0 aliphatic carbocycles. The third-order valence-corrected chi connectivity index (χ3v) is 5.75. The van der Waals surface area contributed by atoms with Crippen LogP contribution in [0.3, 0.4) is 0 Å². The molecule has 166 valence electrons. The number of piperazine rings is 1. The number of nitrogens with zero attached hydrogens (tertiary/aromatic N) is 4. The van der Waals surface area contributed by atoms with Crippen LogP contribution in [0.2, 0.25) is 0 Å². The summed E-state index contributed by atoms with van der Waals surface area (Å²) in [4.78, 5) is 25.7. The van der Waals surface area contributed by atoms with E-state index >= 15 is 0 Å². The van der Waals surface area contributed by atoms with E-state index in [2.05, 4.69) is 49.4 Å². The number of nitrogens with one attached hydrogen (secondary N) is 1. The second-order valence-corrected chi connectivity index (χ2v) is 7.89. The Morgan fingerprint density at radius 3 is 2.42 bits per heavy atom. The molecule has 1 aromatic heterocycles. The SMILES string of the molecule is O=C(COc1cccc2ccccc12)Nc1cc(N2CCN(c3ccccc3)CC2)ncn1. The van der Waals surface area contributed by atoms with Crippen molar-refractivity contribution in [2.24, 2.45) is 0 Å². The highest BCUT2D eigenvalue weighted by Gasteiger charge is 2.19. The van der Waals surface area contributed by atoms with Crippen molar-refractivity contribution in [1.29, 1.82) is 0 Å². The zero-order valence-corrected chi connectivity index (χ0v) is 18.2. The van der Waals surface area contributed by atoms with Crippen molar-refractivity contribution in [2.75, 3.05) is 47.9 Å². The molecule has 3 aromatic carbocycles. The Bertz CT molecular complexity index is 1230. The number of hydrogen-bond donors (Lipinski definition) is 1. The second-order valence-electron chi connectivity index (χ2n) is 7.89. The van der Waals surface area contributed by atoms with Crippen molar-refractivity contribution in [1.82, 2.24) is 9.97 Å². The van der Waals surface area contributed by atoms with E-state index in [1.165, 1.54) is 12.0 Å². The normalized spacial score (nSPS) is 13.7. The van der Waals surface area contributed by atoms with Crippen LogP contribution in [-0.4, -0.2) is 48.7 Å². The molecule has 5 rings (SSSR count). The highest BCUT2D eigenvalue weighted by atomic mass is 16.5. The molecular formula is C26H25N5O2. The molecule has 0 unspecified atom stereocenters. The van der Waals surface area contributed by atoms with Gasteiger partial charge in [-0.2, -0.15) is 0 Å². The number of anilines is 3. The molecule has 1 aliphatic rings. The summed E-state index contributed by atoms with van der Waals surface area (Å²) in [6.07, 6.45) is 1.49. The van der Waals surface area contributed by atoms with E-state index < -0.39 is 0 Å². The molecule has 1 fully saturated rings. The highest BCUT2D eigenvalue weighted by Crippen LogP contribution is 2.25. The van der Waals surface area contributed by atoms with Gasteiger partial charge in [0.2, 0.25) is 0 Å². The minimum Gasteiger partial charge on any atom is -0.483 e. The molecule has 1 saturated heterocycles. The van der Waals surface area contributed by atoms with Crippen LogP contribution in [0.4, 0.5) is 17.3 Å². The van der Waals surface area contributed by atoms with Crippen LogP contribution in [0.5, 0.6) is 5.75 Å². The standard InChI is InChI=1S/C26H25N5O2/c32-26(18-33-23-12-6-8-20-7-4-5-11-22(20)23)29-24-17-25(28-19-27-24)31-15-13-30(14-16-31)21-9-2-1-3-10-21/h1-12,17,19H,13-16,18H2,(H,27,28,29,32). The first-order valence-electron chi connectivity index (χ1n) is 11.0. The number of benzene rings is 3. The smallest absolute Gasteiger partial charge is 0.263 e. The number of fused-ring (bicyclic) bond motifs is 1. The largest absolute Gasteiger partial charge is 0.483 e. The predicted molar refractivity (Wildman–Crippen MR) is 131 cm³/mol. The number of aromatic nitrogens is 2. The second kappa shape index (κ2) is 9.56. The first kappa shape index (κ1) is 20.8. The fourth-order valence-electron chi connectivity index (χ4n) is 4.06. The maximum absolute atomic E-state index is 12.5. The third kappa shape index (κ3) is 4.87. The van der Waals surface area contributed by atoms with E-state index in [0.717, 1.165) is 42.8 Å². The van der Waals surface area contributed by atoms with Gasteiger partial charge in [0.15, 0.2) is 6.61 Å². The third-order valence-electron chi connectivity index (χ3n) is 5.75. The van der Waals surface area contributed by atoms with Crippen LogP contribution >= 0.6 is 0 Å². The van der Waals surface area contributed by atoms with Crippen molar-refractivity contribution < 1.29 is 9.53 Å². The van der Waals surface area contributed by atoms with E-state index in [1.807, 2.05) is 54.6 Å². The summed E-state index contributed by atoms with van der Waals surface area (Å²) in [5.74, 6) is 1.70. The quantitative estimate of drug-likeness (QED) is 0.490. The monoisotopic (exact) mass is 439 g/mol. The lowest BCUT2D eigenvalue weighted by Gasteiger charge is -2.36. The fraction of sp³-hybridized carbons (Fsp3) is 0.192. The maximum Gasteiger partial charge on any atom is 0.263 e. The lowest BCUT2D eigenvalue weighted by molar-refractivity contribution is -0.118. The van der Waals surface area contributed by atoms with Gasteiger partial charge < -0.3 is 19.9 Å². The molecule has 1 amide bonds. The van der Waals surface area contributed by atoms with Gasteiger partial charge in [0.05, 0.1) is 0 Å². The van der Waals surface area contributed by atoms with Gasteiger partial charge in [-0.15, -0.1) is 0 Å². The van der Waals surface area contributed by atoms with Crippen LogP contribution in [0.1, 0.15) is 0 Å². The maximum atomic E-state index is 12.5. The molecule has 1 N–H and O–H groups in total. The Kier molecular flexibility index (Phi) is 6.01. The molecule has 2 heterocycles. The van der Waals surface area contributed by atoms with Gasteiger partial charge in [0.1, 0.15) is 23.7 Å². The minimum atomic E-state index is -0.263. The van der Waals surface area contributed by atoms with Gasteiger partial charge in [-0.1, -0.05) is 54.6 Å². The molecule has 0 saturated carbocycles. The first-order chi connectivity index (χ1) is 16.3. The van der Waals surface area contributed by atoms with Crippen molar-refractivity contribution in [3.63, 3.8) is 0 Å². The molecular weight excluding hydrogens is 414 g/mol. The molecule has 33 heavy (non-hydrogen) atoms. The Morgan fingerprint density at radius 1 is 0.848 bits per heavy atom. The van der Waals surface area contributed by atoms with Crippen molar-refractivity contribution >= 4 is 34.0 Å². The Morgan fingerprint density at radius 2 is 1.58 bits per heavy atom. The zero-order chi connectivity index (χ0) is 22.5. The topological polar surface area (TPSA) is 70.6 Å². The number of hydrogen-bond acceptors (Lipinski definition) is 6. The van der Waals surface area contributed by atoms with Crippen molar-refractivity contribution in [3.8, 4) is 5.75 Å². The fourth-order valence-corrected chi connectivity index (χ4v) is 4.06. The number of carbonyl (C=O) groups excluding carboxylic acids is 1. The van der Waals surface area contributed by atoms with E-state index in [1.54, 1.807) is 0 Å². The molecule has 0 atom stereocenters. The number of para-hydroxylation sites is 1. The summed E-state index contributed by atoms with van der Waals surface area (Å²) >= 11 is 0. The van der Waals surface area contributed by atoms with Crippen molar-refractivity contribution in [2.45, 2.75) is 0 Å². The number of amides is 1. The van der Waals surface area contributed by atoms with Gasteiger partial charge in [0, 0.05) is 43.3 Å². The predicted octanol–water partition coefficient (Wildman–Crippen LogP) is 3.97. The summed E-state index contributed by atoms with van der Waals surface area (Å²) in [5.41, 5.74) is 1.24. The Hall–Kier alpha value is -4.13. The molecule has 0 radical (unpaired) electrons. The summed E-state index contributed by atoms with van der Waals surface area (Å²) in [7, 11) is 0. The van der Waals surface area contributed by atoms with Crippen LogP contribution < -0.4 is 19.9 Å². The van der Waals surface area contributed by atoms with Gasteiger partial charge >= 0.3 is 0 Å². The van der Waals surface area contributed by atoms with Gasteiger partial charge in [-0.25, -0.2) is 9.97 Å². The van der Waals surface area contributed by atoms with Gasteiger partial charge in [0.25, 0.3) is 5.91 Å². The summed E-state index contributed by atoms with van der Waals surface area (Å²) in [6, 6.07) is 26.0. The molecule has 0 spiro atoms. The average molecular weight is 440 g/mol. The summed E-state index contributed by atoms with van der Waals surface area (Å²) < 4.78 is 5.78. The Balaban J connectivity index is 1.18. The lowest BCUT2D eigenvalue weighted by Crippen LogP contribution is -2.46. The summed E-state index contributed by atoms with van der Waals surface area (Å²) in [6.45, 7) is 3.43. The van der Waals surface area contributed by atoms with Crippen LogP contribution in [0.25, 0.3) is 10.8 Å². The van der Waals surface area contributed by atoms with Crippen LogP contribution in [0.15, 0.2) is 85.2 Å². The van der Waals surface area contributed by atoms with E-state index in [9.17, 15) is 4.79 Å². The minimum absolute atomic E-state index is 0.0942. The average Bonchev–Trinajstić information content (AvgIpc) is 2.88. The number of rotatable bonds is 6. The van der Waals surface area contributed by atoms with E-state index in [0.29, 0.717) is 11.6 Å².